The summed E-state index contributed by atoms with van der Waals surface area (Å²) in [5.74, 6) is 0.109. The molecule has 1 fully saturated rings. The van der Waals surface area contributed by atoms with E-state index in [0.29, 0.717) is 17.8 Å². The molecule has 1 aromatic rings. The van der Waals surface area contributed by atoms with Gasteiger partial charge in [-0.15, -0.1) is 11.3 Å². The predicted octanol–water partition coefficient (Wildman–Crippen LogP) is 0.772. The summed E-state index contributed by atoms with van der Waals surface area (Å²) in [6, 6.07) is -0.221. The second-order valence-corrected chi connectivity index (χ2v) is 9.05. The normalized spacial score (nSPS) is 20.9. The molecule has 1 aromatic heterocycles. The Kier molecular flexibility index (Phi) is 4.69. The fourth-order valence-corrected chi connectivity index (χ4v) is 5.34. The lowest BCUT2D eigenvalue weighted by Gasteiger charge is -2.22. The monoisotopic (exact) mass is 331 g/mol. The van der Waals surface area contributed by atoms with Gasteiger partial charge < -0.3 is 9.80 Å². The van der Waals surface area contributed by atoms with E-state index in [2.05, 4.69) is 4.98 Å². The van der Waals surface area contributed by atoms with Gasteiger partial charge in [-0.05, 0) is 27.4 Å². The van der Waals surface area contributed by atoms with Crippen LogP contribution in [0.5, 0.6) is 0 Å². The smallest absolute Gasteiger partial charge is 0.265 e. The number of hydrogen-bond donors (Lipinski definition) is 0. The lowest BCUT2D eigenvalue weighted by Crippen LogP contribution is -2.37. The summed E-state index contributed by atoms with van der Waals surface area (Å²) in [5, 5.41) is 0.897. The molecule has 0 saturated carbocycles. The molecule has 0 aliphatic carbocycles. The lowest BCUT2D eigenvalue weighted by molar-refractivity contribution is 0.0751. The molecule has 1 saturated heterocycles. The zero-order valence-electron chi connectivity index (χ0n) is 12.8. The largest absolute Gasteiger partial charge is 0.337 e. The third-order valence-electron chi connectivity index (χ3n) is 3.56. The third-order valence-corrected chi connectivity index (χ3v) is 6.44. The second kappa shape index (κ2) is 6.02. The Morgan fingerprint density at radius 3 is 2.57 bits per heavy atom. The number of aromatic nitrogens is 1. The molecule has 1 aliphatic rings. The van der Waals surface area contributed by atoms with E-state index in [1.165, 1.54) is 11.3 Å². The minimum absolute atomic E-state index is 0.0671. The van der Waals surface area contributed by atoms with Gasteiger partial charge in [0.15, 0.2) is 9.84 Å². The molecule has 1 aliphatic heterocycles. The molecule has 1 atom stereocenters. The second-order valence-electron chi connectivity index (χ2n) is 5.73. The SMILES string of the molecule is Cc1nc(CN(C)C)sc1C(=O)N(C)C1CCS(=O)(=O)C1. The fourth-order valence-electron chi connectivity index (χ4n) is 2.40. The zero-order valence-corrected chi connectivity index (χ0v) is 14.4. The van der Waals surface area contributed by atoms with E-state index < -0.39 is 9.84 Å². The summed E-state index contributed by atoms with van der Waals surface area (Å²) in [7, 11) is 2.59. The number of sulfone groups is 1. The number of amides is 1. The van der Waals surface area contributed by atoms with Crippen LogP contribution in [-0.2, 0) is 16.4 Å². The molecule has 2 heterocycles. The van der Waals surface area contributed by atoms with Crippen molar-refractivity contribution in [3.63, 3.8) is 0 Å². The number of hydrogen-bond acceptors (Lipinski definition) is 6. The lowest BCUT2D eigenvalue weighted by atomic mass is 10.2. The Labute approximate surface area is 129 Å². The Morgan fingerprint density at radius 1 is 1.38 bits per heavy atom. The van der Waals surface area contributed by atoms with Crippen molar-refractivity contribution in [1.82, 2.24) is 14.8 Å². The van der Waals surface area contributed by atoms with Gasteiger partial charge in [0.05, 0.1) is 17.2 Å². The van der Waals surface area contributed by atoms with E-state index in [-0.39, 0.29) is 23.5 Å². The standard InChI is InChI=1S/C13H21N3O3S2/c1-9-12(20-11(14-9)7-15(2)3)13(17)16(4)10-5-6-21(18,19)8-10/h10H,5-8H2,1-4H3. The first-order chi connectivity index (χ1) is 9.69. The van der Waals surface area contributed by atoms with Crippen LogP contribution in [-0.4, -0.2) is 67.8 Å². The van der Waals surface area contributed by atoms with Crippen LogP contribution in [0.4, 0.5) is 0 Å². The number of thiazole rings is 1. The van der Waals surface area contributed by atoms with Crippen molar-refractivity contribution in [2.24, 2.45) is 0 Å². The first-order valence-electron chi connectivity index (χ1n) is 6.78. The summed E-state index contributed by atoms with van der Waals surface area (Å²) < 4.78 is 23.1. The van der Waals surface area contributed by atoms with E-state index in [0.717, 1.165) is 10.7 Å². The Morgan fingerprint density at radius 2 is 2.05 bits per heavy atom. The highest BCUT2D eigenvalue weighted by Gasteiger charge is 2.34. The van der Waals surface area contributed by atoms with Crippen LogP contribution in [0.2, 0.25) is 0 Å². The van der Waals surface area contributed by atoms with Gasteiger partial charge in [-0.25, -0.2) is 13.4 Å². The van der Waals surface area contributed by atoms with E-state index in [4.69, 9.17) is 0 Å². The van der Waals surface area contributed by atoms with Crippen LogP contribution >= 0.6 is 11.3 Å². The number of rotatable bonds is 4. The van der Waals surface area contributed by atoms with Crippen LogP contribution in [0.1, 0.15) is 26.8 Å². The van der Waals surface area contributed by atoms with Crippen molar-refractivity contribution in [1.29, 1.82) is 0 Å². The highest BCUT2D eigenvalue weighted by atomic mass is 32.2. The first kappa shape index (κ1) is 16.4. The van der Waals surface area contributed by atoms with Crippen molar-refractivity contribution in [3.8, 4) is 0 Å². The van der Waals surface area contributed by atoms with Gasteiger partial charge in [0.25, 0.3) is 5.91 Å². The molecular formula is C13H21N3O3S2. The fraction of sp³-hybridized carbons (Fsp3) is 0.692. The molecule has 21 heavy (non-hydrogen) atoms. The maximum atomic E-state index is 12.6. The van der Waals surface area contributed by atoms with Gasteiger partial charge in [-0.3, -0.25) is 4.79 Å². The molecule has 0 spiro atoms. The average molecular weight is 331 g/mol. The Hall–Kier alpha value is -0.990. The number of aryl methyl sites for hydroxylation is 1. The molecule has 0 bridgehead atoms. The number of carbonyl (C=O) groups is 1. The van der Waals surface area contributed by atoms with Gasteiger partial charge in [-0.2, -0.15) is 0 Å². The molecule has 0 N–H and O–H groups in total. The molecular weight excluding hydrogens is 310 g/mol. The predicted molar refractivity (Wildman–Crippen MR) is 83.4 cm³/mol. The molecule has 6 nitrogen and oxygen atoms in total. The molecule has 0 radical (unpaired) electrons. The van der Waals surface area contributed by atoms with Crippen LogP contribution in [0.15, 0.2) is 0 Å². The minimum Gasteiger partial charge on any atom is -0.337 e. The van der Waals surface area contributed by atoms with Crippen LogP contribution in [0.25, 0.3) is 0 Å². The van der Waals surface area contributed by atoms with Gasteiger partial charge in [0.1, 0.15) is 9.88 Å². The quantitative estimate of drug-likeness (QED) is 0.815. The average Bonchev–Trinajstić information content (AvgIpc) is 2.89. The highest BCUT2D eigenvalue weighted by Crippen LogP contribution is 2.24. The van der Waals surface area contributed by atoms with E-state index in [1.54, 1.807) is 11.9 Å². The van der Waals surface area contributed by atoms with Gasteiger partial charge >= 0.3 is 0 Å². The molecule has 1 amide bonds. The van der Waals surface area contributed by atoms with Crippen LogP contribution < -0.4 is 0 Å². The minimum atomic E-state index is -2.99. The molecule has 0 aromatic carbocycles. The maximum absolute atomic E-state index is 12.6. The van der Waals surface area contributed by atoms with Gasteiger partial charge in [-0.1, -0.05) is 0 Å². The molecule has 118 valence electrons. The summed E-state index contributed by atoms with van der Waals surface area (Å²) in [6.45, 7) is 2.52. The van der Waals surface area contributed by atoms with Crippen LogP contribution in [0.3, 0.4) is 0 Å². The van der Waals surface area contributed by atoms with E-state index in [9.17, 15) is 13.2 Å². The Bertz CT molecular complexity index is 637. The summed E-state index contributed by atoms with van der Waals surface area (Å²) in [5.41, 5.74) is 0.717. The van der Waals surface area contributed by atoms with E-state index >= 15 is 0 Å². The first-order valence-corrected chi connectivity index (χ1v) is 9.42. The third kappa shape index (κ3) is 3.81. The number of carbonyl (C=O) groups excluding carboxylic acids is 1. The highest BCUT2D eigenvalue weighted by molar-refractivity contribution is 7.91. The Balaban J connectivity index is 2.14. The maximum Gasteiger partial charge on any atom is 0.265 e. The molecule has 1 unspecified atom stereocenters. The zero-order chi connectivity index (χ0) is 15.8. The van der Waals surface area contributed by atoms with Crippen molar-refractivity contribution in [2.75, 3.05) is 32.6 Å². The summed E-state index contributed by atoms with van der Waals surface area (Å²) >= 11 is 1.39. The van der Waals surface area contributed by atoms with Gasteiger partial charge in [0.2, 0.25) is 0 Å². The van der Waals surface area contributed by atoms with Crippen molar-refractivity contribution >= 4 is 27.1 Å². The summed E-state index contributed by atoms with van der Waals surface area (Å²) in [6.07, 6.45) is 0.521. The van der Waals surface area contributed by atoms with E-state index in [1.807, 2.05) is 25.9 Å². The van der Waals surface area contributed by atoms with Crippen molar-refractivity contribution in [2.45, 2.75) is 25.9 Å². The van der Waals surface area contributed by atoms with Crippen molar-refractivity contribution < 1.29 is 13.2 Å². The van der Waals surface area contributed by atoms with Crippen molar-refractivity contribution in [3.05, 3.63) is 15.6 Å². The molecule has 8 heteroatoms. The van der Waals surface area contributed by atoms with Crippen LogP contribution in [0, 0.1) is 6.92 Å². The number of nitrogens with zero attached hydrogens (tertiary/aromatic N) is 3. The topological polar surface area (TPSA) is 70.6 Å². The summed E-state index contributed by atoms with van der Waals surface area (Å²) in [4.78, 5) is 21.1. The molecule has 2 rings (SSSR count). The van der Waals surface area contributed by atoms with Gasteiger partial charge in [0, 0.05) is 19.6 Å².